The number of nitrogens with zero attached hydrogens (tertiary/aromatic N) is 4. The Kier molecular flexibility index (Phi) is 4.69. The predicted molar refractivity (Wildman–Crippen MR) is 86.3 cm³/mol. The third-order valence-electron chi connectivity index (χ3n) is 3.39. The predicted octanol–water partition coefficient (Wildman–Crippen LogP) is 2.71. The van der Waals surface area contributed by atoms with Crippen LogP contribution in [0.15, 0.2) is 73.6 Å². The highest BCUT2D eigenvalue weighted by Crippen LogP contribution is 2.12. The van der Waals surface area contributed by atoms with Crippen molar-refractivity contribution >= 4 is 5.91 Å². The van der Waals surface area contributed by atoms with Crippen molar-refractivity contribution in [2.75, 3.05) is 0 Å². The highest BCUT2D eigenvalue weighted by Gasteiger charge is 2.17. The van der Waals surface area contributed by atoms with E-state index in [-0.39, 0.29) is 5.91 Å². The van der Waals surface area contributed by atoms with Gasteiger partial charge in [-0.3, -0.25) is 19.7 Å². The molecule has 3 aromatic heterocycles. The molecule has 0 N–H and O–H groups in total. The third-order valence-corrected chi connectivity index (χ3v) is 3.39. The van der Waals surface area contributed by atoms with Crippen LogP contribution in [0.2, 0.25) is 0 Å². The summed E-state index contributed by atoms with van der Waals surface area (Å²) in [5.41, 5.74) is 2.53. The molecule has 0 aliphatic rings. The molecule has 0 aromatic carbocycles. The van der Waals surface area contributed by atoms with Gasteiger partial charge < -0.3 is 4.90 Å². The fraction of sp³-hybridized carbons (Fsp3) is 0.111. The Bertz CT molecular complexity index is 706. The zero-order valence-electron chi connectivity index (χ0n) is 12.5. The van der Waals surface area contributed by atoms with E-state index in [0.29, 0.717) is 18.7 Å². The first-order valence-electron chi connectivity index (χ1n) is 7.30. The Morgan fingerprint density at radius 2 is 1.30 bits per heavy atom. The van der Waals surface area contributed by atoms with Crippen molar-refractivity contribution in [1.29, 1.82) is 0 Å². The molecular weight excluding hydrogens is 288 g/mol. The zero-order valence-corrected chi connectivity index (χ0v) is 12.5. The molecule has 0 aliphatic heterocycles. The quantitative estimate of drug-likeness (QED) is 0.727. The minimum Gasteiger partial charge on any atom is -0.330 e. The Labute approximate surface area is 134 Å². The van der Waals surface area contributed by atoms with Crippen LogP contribution in [0.1, 0.15) is 21.5 Å². The lowest BCUT2D eigenvalue weighted by Gasteiger charge is -2.22. The van der Waals surface area contributed by atoms with Crippen LogP contribution in [-0.2, 0) is 13.1 Å². The van der Waals surface area contributed by atoms with Gasteiger partial charge in [0, 0.05) is 50.3 Å². The highest BCUT2D eigenvalue weighted by atomic mass is 16.2. The molecule has 3 heterocycles. The van der Waals surface area contributed by atoms with Crippen molar-refractivity contribution in [3.8, 4) is 0 Å². The second-order valence-corrected chi connectivity index (χ2v) is 5.13. The number of carbonyl (C=O) groups is 1. The van der Waals surface area contributed by atoms with Gasteiger partial charge in [-0.1, -0.05) is 12.1 Å². The average Bonchev–Trinajstić information content (AvgIpc) is 2.63. The summed E-state index contributed by atoms with van der Waals surface area (Å²) in [4.78, 5) is 26.8. The lowest BCUT2D eigenvalue weighted by Crippen LogP contribution is -2.30. The molecule has 0 saturated carbocycles. The SMILES string of the molecule is O=C(c1cccnc1)N(Cc1cccnc1)Cc1cccnc1. The molecular formula is C18H16N4O. The van der Waals surface area contributed by atoms with Gasteiger partial charge in [-0.2, -0.15) is 0 Å². The molecule has 0 aliphatic carbocycles. The maximum atomic E-state index is 12.8. The molecule has 3 rings (SSSR count). The Hall–Kier alpha value is -3.08. The van der Waals surface area contributed by atoms with Gasteiger partial charge in [-0.15, -0.1) is 0 Å². The molecule has 1 amide bonds. The second kappa shape index (κ2) is 7.26. The van der Waals surface area contributed by atoms with Gasteiger partial charge in [0.05, 0.1) is 5.56 Å². The second-order valence-electron chi connectivity index (χ2n) is 5.13. The Balaban J connectivity index is 1.85. The van der Waals surface area contributed by atoms with Gasteiger partial charge in [-0.25, -0.2) is 0 Å². The number of pyridine rings is 3. The van der Waals surface area contributed by atoms with E-state index in [4.69, 9.17) is 0 Å². The minimum atomic E-state index is -0.0641. The maximum absolute atomic E-state index is 12.8. The van der Waals surface area contributed by atoms with E-state index in [9.17, 15) is 4.79 Å². The van der Waals surface area contributed by atoms with Crippen LogP contribution in [0, 0.1) is 0 Å². The summed E-state index contributed by atoms with van der Waals surface area (Å²) in [6.45, 7) is 0.965. The van der Waals surface area contributed by atoms with Crippen molar-refractivity contribution in [2.24, 2.45) is 0 Å². The number of aromatic nitrogens is 3. The number of rotatable bonds is 5. The van der Waals surface area contributed by atoms with E-state index < -0.39 is 0 Å². The largest absolute Gasteiger partial charge is 0.330 e. The fourth-order valence-corrected chi connectivity index (χ4v) is 2.30. The maximum Gasteiger partial charge on any atom is 0.256 e. The molecule has 3 aromatic rings. The van der Waals surface area contributed by atoms with Crippen molar-refractivity contribution in [3.63, 3.8) is 0 Å². The van der Waals surface area contributed by atoms with Gasteiger partial charge in [0.1, 0.15) is 0 Å². The molecule has 0 saturated heterocycles. The van der Waals surface area contributed by atoms with Crippen molar-refractivity contribution in [2.45, 2.75) is 13.1 Å². The lowest BCUT2D eigenvalue weighted by atomic mass is 10.2. The summed E-state index contributed by atoms with van der Waals surface area (Å²) >= 11 is 0. The topological polar surface area (TPSA) is 59.0 Å². The fourth-order valence-electron chi connectivity index (χ4n) is 2.30. The Morgan fingerprint density at radius 3 is 1.74 bits per heavy atom. The number of carbonyl (C=O) groups excluding carboxylic acids is 1. The zero-order chi connectivity index (χ0) is 15.9. The summed E-state index contributed by atoms with van der Waals surface area (Å²) in [6.07, 6.45) is 10.2. The van der Waals surface area contributed by atoms with Crippen LogP contribution in [0.4, 0.5) is 0 Å². The van der Waals surface area contributed by atoms with Crippen molar-refractivity contribution in [1.82, 2.24) is 19.9 Å². The molecule has 0 fully saturated rings. The number of amides is 1. The van der Waals surface area contributed by atoms with E-state index in [2.05, 4.69) is 15.0 Å². The van der Waals surface area contributed by atoms with E-state index in [1.54, 1.807) is 54.2 Å². The molecule has 5 nitrogen and oxygen atoms in total. The lowest BCUT2D eigenvalue weighted by molar-refractivity contribution is 0.0729. The Morgan fingerprint density at radius 1 is 0.783 bits per heavy atom. The first kappa shape index (κ1) is 14.8. The van der Waals surface area contributed by atoms with E-state index in [1.807, 2.05) is 24.3 Å². The standard InChI is InChI=1S/C18H16N4O/c23-18(17-6-3-9-21-12-17)22(13-15-4-1-7-19-10-15)14-16-5-2-8-20-11-16/h1-12H,13-14H2. The molecule has 114 valence electrons. The third kappa shape index (κ3) is 3.97. The summed E-state index contributed by atoms with van der Waals surface area (Å²) in [6, 6.07) is 11.2. The summed E-state index contributed by atoms with van der Waals surface area (Å²) in [5, 5.41) is 0. The molecule has 5 heteroatoms. The van der Waals surface area contributed by atoms with E-state index in [1.165, 1.54) is 0 Å². The monoisotopic (exact) mass is 304 g/mol. The van der Waals surface area contributed by atoms with Gasteiger partial charge >= 0.3 is 0 Å². The minimum absolute atomic E-state index is 0.0641. The van der Waals surface area contributed by atoms with Crippen molar-refractivity contribution < 1.29 is 4.79 Å². The summed E-state index contributed by atoms with van der Waals surface area (Å²) < 4.78 is 0. The smallest absolute Gasteiger partial charge is 0.256 e. The molecule has 0 spiro atoms. The van der Waals surface area contributed by atoms with Crippen molar-refractivity contribution in [3.05, 3.63) is 90.3 Å². The average molecular weight is 304 g/mol. The normalized spacial score (nSPS) is 10.3. The van der Waals surface area contributed by atoms with E-state index >= 15 is 0 Å². The van der Waals surface area contributed by atoms with Gasteiger partial charge in [-0.05, 0) is 35.4 Å². The van der Waals surface area contributed by atoms with Crippen LogP contribution >= 0.6 is 0 Å². The molecule has 0 atom stereocenters. The van der Waals surface area contributed by atoms with E-state index in [0.717, 1.165) is 11.1 Å². The number of hydrogen-bond acceptors (Lipinski definition) is 4. The van der Waals surface area contributed by atoms with Crippen LogP contribution in [0.3, 0.4) is 0 Å². The molecule has 0 bridgehead atoms. The molecule has 0 unspecified atom stereocenters. The van der Waals surface area contributed by atoms with Crippen LogP contribution in [-0.4, -0.2) is 25.8 Å². The molecule has 23 heavy (non-hydrogen) atoms. The summed E-state index contributed by atoms with van der Waals surface area (Å²) in [5.74, 6) is -0.0641. The van der Waals surface area contributed by atoms with Gasteiger partial charge in [0.15, 0.2) is 0 Å². The van der Waals surface area contributed by atoms with Crippen LogP contribution in [0.25, 0.3) is 0 Å². The first-order chi connectivity index (χ1) is 11.3. The highest BCUT2D eigenvalue weighted by molar-refractivity contribution is 5.93. The van der Waals surface area contributed by atoms with Crippen LogP contribution < -0.4 is 0 Å². The first-order valence-corrected chi connectivity index (χ1v) is 7.30. The summed E-state index contributed by atoms with van der Waals surface area (Å²) in [7, 11) is 0. The molecule has 0 radical (unpaired) electrons. The van der Waals surface area contributed by atoms with Gasteiger partial charge in [0.2, 0.25) is 0 Å². The van der Waals surface area contributed by atoms with Crippen LogP contribution in [0.5, 0.6) is 0 Å². The van der Waals surface area contributed by atoms with Gasteiger partial charge in [0.25, 0.3) is 5.91 Å². The number of hydrogen-bond donors (Lipinski definition) is 0.